The number of rotatable bonds is 1. The first kappa shape index (κ1) is 15.2. The highest BCUT2D eigenvalue weighted by Gasteiger charge is 2.11. The minimum absolute atomic E-state index is 0.225. The van der Waals surface area contributed by atoms with Crippen molar-refractivity contribution in [2.45, 2.75) is 33.3 Å². The monoisotopic (exact) mass is 238 g/mol. The number of aromatic carboxylic acids is 1. The molecule has 0 saturated heterocycles. The van der Waals surface area contributed by atoms with Crippen LogP contribution < -0.4 is 0 Å². The van der Waals surface area contributed by atoms with Gasteiger partial charge in [-0.3, -0.25) is 4.79 Å². The average Bonchev–Trinajstić information content (AvgIpc) is 2.16. The Morgan fingerprint density at radius 1 is 1.12 bits per heavy atom. The van der Waals surface area contributed by atoms with E-state index in [1.54, 1.807) is 30.3 Å². The Morgan fingerprint density at radius 2 is 1.59 bits per heavy atom. The van der Waals surface area contributed by atoms with E-state index in [9.17, 15) is 9.59 Å². The van der Waals surface area contributed by atoms with E-state index < -0.39 is 5.97 Å². The molecule has 17 heavy (non-hydrogen) atoms. The second-order valence-electron chi connectivity index (χ2n) is 4.38. The highest BCUT2D eigenvalue weighted by atomic mass is 16.6. The van der Waals surface area contributed by atoms with Crippen molar-refractivity contribution >= 4 is 11.9 Å². The lowest BCUT2D eigenvalue weighted by Gasteiger charge is -2.17. The molecule has 0 radical (unpaired) electrons. The van der Waals surface area contributed by atoms with Gasteiger partial charge in [0.2, 0.25) is 0 Å². The summed E-state index contributed by atoms with van der Waals surface area (Å²) >= 11 is 0. The number of carboxylic acids is 1. The second kappa shape index (κ2) is 6.68. The van der Waals surface area contributed by atoms with E-state index in [0.717, 1.165) is 0 Å². The lowest BCUT2D eigenvalue weighted by molar-refractivity contribution is -0.151. The Labute approximate surface area is 101 Å². The molecule has 0 bridgehead atoms. The molecule has 0 saturated carbocycles. The topological polar surface area (TPSA) is 63.6 Å². The standard InChI is InChI=1S/C7H6O2.C6H12O2/c8-7(9)6-4-2-1-3-5-6;1-5(7)8-6(2,3)4/h1-5H,(H,8,9);1-4H3. The van der Waals surface area contributed by atoms with Crippen LogP contribution in [-0.4, -0.2) is 22.6 Å². The second-order valence-corrected chi connectivity index (χ2v) is 4.38. The number of hydrogen-bond acceptors (Lipinski definition) is 3. The quantitative estimate of drug-likeness (QED) is 0.764. The molecule has 4 heteroatoms. The third kappa shape index (κ3) is 9.11. The van der Waals surface area contributed by atoms with Crippen molar-refractivity contribution in [2.75, 3.05) is 0 Å². The average molecular weight is 238 g/mol. The predicted molar refractivity (Wildman–Crippen MR) is 64.9 cm³/mol. The highest BCUT2D eigenvalue weighted by Crippen LogP contribution is 2.05. The zero-order valence-corrected chi connectivity index (χ0v) is 10.6. The molecule has 94 valence electrons. The first-order valence-corrected chi connectivity index (χ1v) is 5.20. The van der Waals surface area contributed by atoms with Crippen LogP contribution in [0.3, 0.4) is 0 Å². The number of ether oxygens (including phenoxy) is 1. The van der Waals surface area contributed by atoms with Crippen LogP contribution in [0.15, 0.2) is 30.3 Å². The molecule has 0 aliphatic carbocycles. The first-order valence-electron chi connectivity index (χ1n) is 5.20. The molecule has 0 aliphatic rings. The Hall–Kier alpha value is -1.84. The fourth-order valence-corrected chi connectivity index (χ4v) is 1.01. The molecule has 0 aliphatic heterocycles. The molecule has 1 aromatic carbocycles. The third-order valence-electron chi connectivity index (χ3n) is 1.47. The third-order valence-corrected chi connectivity index (χ3v) is 1.47. The molecule has 0 spiro atoms. The summed E-state index contributed by atoms with van der Waals surface area (Å²) in [7, 11) is 0. The van der Waals surface area contributed by atoms with Gasteiger partial charge in [0.05, 0.1) is 5.56 Å². The maximum atomic E-state index is 10.2. The maximum absolute atomic E-state index is 10.2. The summed E-state index contributed by atoms with van der Waals surface area (Å²) in [6, 6.07) is 8.30. The lowest BCUT2D eigenvalue weighted by atomic mass is 10.2. The van der Waals surface area contributed by atoms with Crippen LogP contribution in [0, 0.1) is 0 Å². The van der Waals surface area contributed by atoms with Gasteiger partial charge in [-0.15, -0.1) is 0 Å². The molecule has 4 nitrogen and oxygen atoms in total. The number of benzene rings is 1. The molecular weight excluding hydrogens is 220 g/mol. The number of carbonyl (C=O) groups excluding carboxylic acids is 1. The van der Waals surface area contributed by atoms with Crippen molar-refractivity contribution in [3.8, 4) is 0 Å². The van der Waals surface area contributed by atoms with Gasteiger partial charge in [0.25, 0.3) is 0 Å². The minimum Gasteiger partial charge on any atom is -0.478 e. The highest BCUT2D eigenvalue weighted by molar-refractivity contribution is 5.87. The minimum atomic E-state index is -0.879. The van der Waals surface area contributed by atoms with Gasteiger partial charge in [-0.1, -0.05) is 18.2 Å². The van der Waals surface area contributed by atoms with Crippen molar-refractivity contribution in [1.82, 2.24) is 0 Å². The van der Waals surface area contributed by atoms with E-state index >= 15 is 0 Å². The molecule has 0 aromatic heterocycles. The Kier molecular flexibility index (Phi) is 5.96. The molecule has 0 atom stereocenters. The zero-order valence-electron chi connectivity index (χ0n) is 10.6. The van der Waals surface area contributed by atoms with Crippen molar-refractivity contribution in [3.63, 3.8) is 0 Å². The van der Waals surface area contributed by atoms with Gasteiger partial charge in [0, 0.05) is 6.92 Å². The lowest BCUT2D eigenvalue weighted by Crippen LogP contribution is -2.21. The summed E-state index contributed by atoms with van der Waals surface area (Å²) in [4.78, 5) is 20.4. The molecule has 1 rings (SSSR count). The van der Waals surface area contributed by atoms with Gasteiger partial charge in [0.15, 0.2) is 0 Å². The van der Waals surface area contributed by atoms with Gasteiger partial charge in [-0.2, -0.15) is 0 Å². The van der Waals surface area contributed by atoms with Gasteiger partial charge >= 0.3 is 11.9 Å². The van der Waals surface area contributed by atoms with Crippen molar-refractivity contribution in [3.05, 3.63) is 35.9 Å². The smallest absolute Gasteiger partial charge is 0.335 e. The fraction of sp³-hybridized carbons (Fsp3) is 0.385. The summed E-state index contributed by atoms with van der Waals surface area (Å²) in [5, 5.41) is 8.38. The van der Waals surface area contributed by atoms with E-state index in [1.165, 1.54) is 6.92 Å². The molecule has 0 amide bonds. The number of hydrogen-bond donors (Lipinski definition) is 1. The summed E-state index contributed by atoms with van der Waals surface area (Å²) in [6.45, 7) is 6.93. The van der Waals surface area contributed by atoms with E-state index in [-0.39, 0.29) is 11.6 Å². The van der Waals surface area contributed by atoms with E-state index in [2.05, 4.69) is 0 Å². The summed E-state index contributed by atoms with van der Waals surface area (Å²) in [5.74, 6) is -1.10. The maximum Gasteiger partial charge on any atom is 0.335 e. The first-order chi connectivity index (χ1) is 7.72. The van der Waals surface area contributed by atoms with Crippen LogP contribution >= 0.6 is 0 Å². The van der Waals surface area contributed by atoms with Crippen LogP contribution in [0.25, 0.3) is 0 Å². The molecular formula is C13H18O4. The van der Waals surface area contributed by atoms with Gasteiger partial charge in [-0.25, -0.2) is 4.79 Å². The molecule has 0 unspecified atom stereocenters. The normalized spacial score (nSPS) is 9.88. The van der Waals surface area contributed by atoms with E-state index in [0.29, 0.717) is 5.56 Å². The fourth-order valence-electron chi connectivity index (χ4n) is 1.01. The van der Waals surface area contributed by atoms with Gasteiger partial charge in [0.1, 0.15) is 5.60 Å². The SMILES string of the molecule is CC(=O)OC(C)(C)C.O=C(O)c1ccccc1. The number of carboxylic acid groups (broad SMARTS) is 1. The van der Waals surface area contributed by atoms with Crippen molar-refractivity contribution < 1.29 is 19.4 Å². The van der Waals surface area contributed by atoms with Crippen LogP contribution in [0.1, 0.15) is 38.1 Å². The predicted octanol–water partition coefficient (Wildman–Crippen LogP) is 2.73. The molecule has 0 fully saturated rings. The van der Waals surface area contributed by atoms with Crippen LogP contribution in [-0.2, 0) is 9.53 Å². The number of carbonyl (C=O) groups is 2. The molecule has 1 N–H and O–H groups in total. The summed E-state index contributed by atoms with van der Waals surface area (Å²) in [6.07, 6.45) is 0. The van der Waals surface area contributed by atoms with Crippen molar-refractivity contribution in [2.24, 2.45) is 0 Å². The summed E-state index contributed by atoms with van der Waals surface area (Å²) in [5.41, 5.74) is 0.00347. The molecule has 0 heterocycles. The molecule has 1 aromatic rings. The van der Waals surface area contributed by atoms with Crippen LogP contribution in [0.2, 0.25) is 0 Å². The Bertz CT molecular complexity index is 363. The van der Waals surface area contributed by atoms with E-state index in [1.807, 2.05) is 20.8 Å². The zero-order chi connectivity index (χ0) is 13.5. The van der Waals surface area contributed by atoms with Gasteiger partial charge in [-0.05, 0) is 32.9 Å². The van der Waals surface area contributed by atoms with Crippen LogP contribution in [0.4, 0.5) is 0 Å². The number of esters is 1. The van der Waals surface area contributed by atoms with Crippen LogP contribution in [0.5, 0.6) is 0 Å². The van der Waals surface area contributed by atoms with Gasteiger partial charge < -0.3 is 9.84 Å². The Balaban J connectivity index is 0.000000304. The van der Waals surface area contributed by atoms with E-state index in [4.69, 9.17) is 9.84 Å². The Morgan fingerprint density at radius 3 is 1.76 bits per heavy atom. The largest absolute Gasteiger partial charge is 0.478 e. The van der Waals surface area contributed by atoms with Crippen molar-refractivity contribution in [1.29, 1.82) is 0 Å². The summed E-state index contributed by atoms with van der Waals surface area (Å²) < 4.78 is 4.80.